The van der Waals surface area contributed by atoms with Crippen molar-refractivity contribution >= 4 is 46.5 Å². The van der Waals surface area contributed by atoms with Crippen LogP contribution in [0.4, 0.5) is 5.82 Å². The van der Waals surface area contributed by atoms with Gasteiger partial charge in [-0.2, -0.15) is 5.10 Å². The average molecular weight is 533 g/mol. The third-order valence-corrected chi connectivity index (χ3v) is 6.21. The summed E-state index contributed by atoms with van der Waals surface area (Å²) in [5.74, 6) is 1.54. The highest BCUT2D eigenvalue weighted by molar-refractivity contribution is 6.35. The molecule has 0 fully saturated rings. The standard InChI is InChI=1S/C26H24Cl3N3O3/c1-15(2)20-8-4-16(3)10-24(20)34-14-19-7-9-23(35-19)26(33)30-25-22(29)13-32(31-25)12-17-5-6-18(27)11-21(17)28/h4-11,13,15H,12,14H2,1-3H3,(H,30,31,33). The van der Waals surface area contributed by atoms with Gasteiger partial charge in [0.1, 0.15) is 23.1 Å². The summed E-state index contributed by atoms with van der Waals surface area (Å²) >= 11 is 18.5. The maximum atomic E-state index is 12.7. The van der Waals surface area contributed by atoms with Gasteiger partial charge in [0.05, 0.1) is 6.54 Å². The van der Waals surface area contributed by atoms with Crippen molar-refractivity contribution in [3.05, 3.63) is 98.0 Å². The number of aryl methyl sites for hydroxylation is 1. The van der Waals surface area contributed by atoms with Crippen LogP contribution in [0.2, 0.25) is 15.1 Å². The summed E-state index contributed by atoms with van der Waals surface area (Å²) in [5.41, 5.74) is 3.04. The summed E-state index contributed by atoms with van der Waals surface area (Å²) in [6, 6.07) is 14.7. The fourth-order valence-corrected chi connectivity index (χ4v) is 4.19. The minimum absolute atomic E-state index is 0.128. The lowest BCUT2D eigenvalue weighted by Gasteiger charge is -2.14. The smallest absolute Gasteiger partial charge is 0.292 e. The summed E-state index contributed by atoms with van der Waals surface area (Å²) < 4.78 is 13.3. The van der Waals surface area contributed by atoms with Crippen LogP contribution in [-0.4, -0.2) is 15.7 Å². The van der Waals surface area contributed by atoms with Crippen molar-refractivity contribution in [2.45, 2.75) is 39.8 Å². The van der Waals surface area contributed by atoms with Gasteiger partial charge in [0.15, 0.2) is 11.6 Å². The molecule has 1 amide bonds. The first-order chi connectivity index (χ1) is 16.7. The van der Waals surface area contributed by atoms with Crippen molar-refractivity contribution in [3.8, 4) is 5.75 Å². The van der Waals surface area contributed by atoms with E-state index < -0.39 is 5.91 Å². The molecule has 35 heavy (non-hydrogen) atoms. The van der Waals surface area contributed by atoms with Crippen LogP contribution in [-0.2, 0) is 13.2 Å². The minimum atomic E-state index is -0.466. The largest absolute Gasteiger partial charge is 0.485 e. The van der Waals surface area contributed by atoms with Crippen molar-refractivity contribution < 1.29 is 13.9 Å². The molecule has 0 saturated carbocycles. The van der Waals surface area contributed by atoms with Crippen LogP contribution in [0.3, 0.4) is 0 Å². The lowest BCUT2D eigenvalue weighted by Crippen LogP contribution is -2.12. The summed E-state index contributed by atoms with van der Waals surface area (Å²) in [6.07, 6.45) is 1.61. The van der Waals surface area contributed by atoms with E-state index in [9.17, 15) is 4.79 Å². The lowest BCUT2D eigenvalue weighted by molar-refractivity contribution is 0.0992. The van der Waals surface area contributed by atoms with E-state index in [-0.39, 0.29) is 18.2 Å². The topological polar surface area (TPSA) is 69.3 Å². The first kappa shape index (κ1) is 25.2. The Kier molecular flexibility index (Phi) is 7.75. The number of carbonyl (C=O) groups excluding carboxylic acids is 1. The number of ether oxygens (including phenoxy) is 1. The highest BCUT2D eigenvalue weighted by Gasteiger charge is 2.17. The molecule has 6 nitrogen and oxygen atoms in total. The number of benzene rings is 2. The highest BCUT2D eigenvalue weighted by Crippen LogP contribution is 2.29. The van der Waals surface area contributed by atoms with Gasteiger partial charge in [-0.25, -0.2) is 0 Å². The second-order valence-corrected chi connectivity index (χ2v) is 9.71. The van der Waals surface area contributed by atoms with E-state index >= 15 is 0 Å². The second-order valence-electron chi connectivity index (χ2n) is 8.46. The molecule has 0 aliphatic rings. The van der Waals surface area contributed by atoms with Crippen LogP contribution in [0, 0.1) is 6.92 Å². The first-order valence-corrected chi connectivity index (χ1v) is 12.1. The Labute approximate surface area is 218 Å². The van der Waals surface area contributed by atoms with E-state index in [0.717, 1.165) is 22.4 Å². The molecule has 2 heterocycles. The Morgan fingerprint density at radius 2 is 1.89 bits per heavy atom. The monoisotopic (exact) mass is 531 g/mol. The SMILES string of the molecule is Cc1ccc(C(C)C)c(OCc2ccc(C(=O)Nc3nn(Cc4ccc(Cl)cc4Cl)cc3Cl)o2)c1. The van der Waals surface area contributed by atoms with Crippen molar-refractivity contribution in [2.24, 2.45) is 0 Å². The van der Waals surface area contributed by atoms with Crippen molar-refractivity contribution in [1.29, 1.82) is 0 Å². The molecule has 182 valence electrons. The third-order valence-electron chi connectivity index (χ3n) is 5.34. The number of nitrogens with one attached hydrogen (secondary N) is 1. The molecule has 0 unspecified atom stereocenters. The van der Waals surface area contributed by atoms with Crippen molar-refractivity contribution in [1.82, 2.24) is 9.78 Å². The number of nitrogens with zero attached hydrogens (tertiary/aromatic N) is 2. The van der Waals surface area contributed by atoms with Crippen LogP contribution in [0.25, 0.3) is 0 Å². The maximum Gasteiger partial charge on any atom is 0.292 e. The Morgan fingerprint density at radius 3 is 2.63 bits per heavy atom. The van der Waals surface area contributed by atoms with Gasteiger partial charge in [-0.3, -0.25) is 9.48 Å². The molecule has 9 heteroatoms. The van der Waals surface area contributed by atoms with Gasteiger partial charge in [-0.15, -0.1) is 0 Å². The molecule has 2 aromatic carbocycles. The number of rotatable bonds is 8. The fraction of sp³-hybridized carbons (Fsp3) is 0.231. The molecule has 1 N–H and O–H groups in total. The normalized spacial score (nSPS) is 11.2. The number of hydrogen-bond donors (Lipinski definition) is 1. The lowest BCUT2D eigenvalue weighted by atomic mass is 10.0. The van der Waals surface area contributed by atoms with Gasteiger partial charge in [0, 0.05) is 16.2 Å². The maximum absolute atomic E-state index is 12.7. The molecule has 0 aliphatic heterocycles. The fourth-order valence-electron chi connectivity index (χ4n) is 3.53. The van der Waals surface area contributed by atoms with E-state index in [1.165, 1.54) is 0 Å². The van der Waals surface area contributed by atoms with E-state index in [2.05, 4.69) is 36.4 Å². The van der Waals surface area contributed by atoms with E-state index in [0.29, 0.717) is 33.3 Å². The number of anilines is 1. The zero-order chi connectivity index (χ0) is 25.1. The van der Waals surface area contributed by atoms with Crippen LogP contribution < -0.4 is 10.1 Å². The van der Waals surface area contributed by atoms with Gasteiger partial charge in [0.25, 0.3) is 5.91 Å². The Balaban J connectivity index is 1.40. The second kappa shape index (κ2) is 10.8. The van der Waals surface area contributed by atoms with E-state index in [1.807, 2.05) is 19.1 Å². The van der Waals surface area contributed by atoms with Crippen LogP contribution in [0.15, 0.2) is 59.1 Å². The van der Waals surface area contributed by atoms with Crippen LogP contribution in [0.5, 0.6) is 5.75 Å². The number of aromatic nitrogens is 2. The van der Waals surface area contributed by atoms with Gasteiger partial charge >= 0.3 is 0 Å². The first-order valence-electron chi connectivity index (χ1n) is 11.0. The van der Waals surface area contributed by atoms with Crippen LogP contribution >= 0.6 is 34.8 Å². The van der Waals surface area contributed by atoms with Crippen molar-refractivity contribution in [2.75, 3.05) is 5.32 Å². The molecule has 4 aromatic rings. The van der Waals surface area contributed by atoms with Gasteiger partial charge in [0.2, 0.25) is 0 Å². The predicted molar refractivity (Wildman–Crippen MR) is 139 cm³/mol. The van der Waals surface area contributed by atoms with Gasteiger partial charge in [-0.05, 0) is 59.9 Å². The summed E-state index contributed by atoms with van der Waals surface area (Å²) in [7, 11) is 0. The van der Waals surface area contributed by atoms with Crippen molar-refractivity contribution in [3.63, 3.8) is 0 Å². The highest BCUT2D eigenvalue weighted by atomic mass is 35.5. The summed E-state index contributed by atoms with van der Waals surface area (Å²) in [5, 5.41) is 8.39. The molecule has 0 atom stereocenters. The molecular weight excluding hydrogens is 509 g/mol. The molecule has 4 rings (SSSR count). The third kappa shape index (κ3) is 6.20. The van der Waals surface area contributed by atoms with E-state index in [1.54, 1.807) is 35.1 Å². The Bertz CT molecular complexity index is 1360. The van der Waals surface area contributed by atoms with E-state index in [4.69, 9.17) is 44.0 Å². The van der Waals surface area contributed by atoms with Gasteiger partial charge < -0.3 is 14.5 Å². The molecule has 0 spiro atoms. The molecule has 0 bridgehead atoms. The quantitative estimate of drug-likeness (QED) is 0.252. The number of halogens is 3. The zero-order valence-electron chi connectivity index (χ0n) is 19.4. The molecule has 0 aliphatic carbocycles. The Morgan fingerprint density at radius 1 is 1.09 bits per heavy atom. The number of furan rings is 1. The number of carbonyl (C=O) groups is 1. The zero-order valence-corrected chi connectivity index (χ0v) is 21.7. The summed E-state index contributed by atoms with van der Waals surface area (Å²) in [4.78, 5) is 12.7. The Hall–Kier alpha value is -2.93. The minimum Gasteiger partial charge on any atom is -0.485 e. The molecule has 0 saturated heterocycles. The molecule has 0 radical (unpaired) electrons. The summed E-state index contributed by atoms with van der Waals surface area (Å²) in [6.45, 7) is 6.81. The number of hydrogen-bond acceptors (Lipinski definition) is 4. The van der Waals surface area contributed by atoms with Crippen LogP contribution in [0.1, 0.15) is 52.8 Å². The van der Waals surface area contributed by atoms with Gasteiger partial charge in [-0.1, -0.05) is 66.8 Å². The average Bonchev–Trinajstić information content (AvgIpc) is 3.41. The molecular formula is C26H24Cl3N3O3. The number of amides is 1. The predicted octanol–water partition coefficient (Wildman–Crippen LogP) is 7.75. The molecule has 2 aromatic heterocycles.